The average molecular weight is 379 g/mol. The summed E-state index contributed by atoms with van der Waals surface area (Å²) in [5.74, 6) is 0.490. The number of anilines is 1. The number of hydrogen-bond acceptors (Lipinski definition) is 3. The van der Waals surface area contributed by atoms with Gasteiger partial charge in [-0.25, -0.2) is 4.79 Å². The third-order valence-electron chi connectivity index (χ3n) is 4.67. The van der Waals surface area contributed by atoms with E-state index in [1.807, 2.05) is 63.2 Å². The fourth-order valence-electron chi connectivity index (χ4n) is 3.31. The maximum absolute atomic E-state index is 13.1. The molecule has 6 heteroatoms. The van der Waals surface area contributed by atoms with Crippen LogP contribution in [0.4, 0.5) is 10.5 Å². The predicted octanol–water partition coefficient (Wildman–Crippen LogP) is 3.97. The van der Waals surface area contributed by atoms with Crippen LogP contribution < -0.4 is 20.7 Å². The molecule has 0 aliphatic carbocycles. The van der Waals surface area contributed by atoms with Crippen LogP contribution in [0.15, 0.2) is 53.7 Å². The zero-order chi connectivity index (χ0) is 20.3. The Morgan fingerprint density at radius 1 is 1.11 bits per heavy atom. The van der Waals surface area contributed by atoms with Crippen LogP contribution in [0.1, 0.15) is 36.6 Å². The monoisotopic (exact) mass is 379 g/mol. The lowest BCUT2D eigenvalue weighted by molar-refractivity contribution is -0.113. The van der Waals surface area contributed by atoms with Crippen molar-refractivity contribution in [2.24, 2.45) is 0 Å². The van der Waals surface area contributed by atoms with Crippen molar-refractivity contribution >= 4 is 17.6 Å². The van der Waals surface area contributed by atoms with E-state index >= 15 is 0 Å². The van der Waals surface area contributed by atoms with Crippen molar-refractivity contribution in [2.45, 2.75) is 33.7 Å². The van der Waals surface area contributed by atoms with Crippen molar-refractivity contribution in [1.29, 1.82) is 0 Å². The Morgan fingerprint density at radius 3 is 2.46 bits per heavy atom. The molecule has 0 bridgehead atoms. The number of amides is 3. The molecule has 0 unspecified atom stereocenters. The van der Waals surface area contributed by atoms with Gasteiger partial charge in [0.1, 0.15) is 5.75 Å². The van der Waals surface area contributed by atoms with Crippen LogP contribution in [0.2, 0.25) is 0 Å². The topological polar surface area (TPSA) is 79.5 Å². The number of aryl methyl sites for hydroxylation is 2. The normalized spacial score (nSPS) is 16.3. The number of carbonyl (C=O) groups is 2. The molecule has 1 aliphatic rings. The number of benzene rings is 2. The molecular formula is C22H25N3O3. The van der Waals surface area contributed by atoms with Gasteiger partial charge in [-0.1, -0.05) is 29.8 Å². The second-order valence-electron chi connectivity index (χ2n) is 6.84. The highest BCUT2D eigenvalue weighted by Gasteiger charge is 2.31. The van der Waals surface area contributed by atoms with Crippen LogP contribution in [0.5, 0.6) is 5.75 Å². The first-order valence-corrected chi connectivity index (χ1v) is 9.28. The fourth-order valence-corrected chi connectivity index (χ4v) is 3.31. The minimum absolute atomic E-state index is 0.254. The Labute approximate surface area is 165 Å². The third-order valence-corrected chi connectivity index (χ3v) is 4.67. The third kappa shape index (κ3) is 4.17. The van der Waals surface area contributed by atoms with Crippen LogP contribution in [-0.4, -0.2) is 18.5 Å². The van der Waals surface area contributed by atoms with Crippen molar-refractivity contribution < 1.29 is 14.3 Å². The molecule has 2 aromatic rings. The zero-order valence-corrected chi connectivity index (χ0v) is 16.6. The van der Waals surface area contributed by atoms with Crippen LogP contribution in [0.3, 0.4) is 0 Å². The molecule has 3 N–H and O–H groups in total. The summed E-state index contributed by atoms with van der Waals surface area (Å²) in [4.78, 5) is 25.1. The van der Waals surface area contributed by atoms with Gasteiger partial charge in [0.2, 0.25) is 0 Å². The fraction of sp³-hybridized carbons (Fsp3) is 0.273. The number of urea groups is 1. The lowest BCUT2D eigenvalue weighted by Gasteiger charge is -2.29. The number of rotatable bonds is 5. The zero-order valence-electron chi connectivity index (χ0n) is 16.6. The predicted molar refractivity (Wildman–Crippen MR) is 109 cm³/mol. The van der Waals surface area contributed by atoms with Crippen LogP contribution in [-0.2, 0) is 4.79 Å². The smallest absolute Gasteiger partial charge is 0.319 e. The molecule has 1 atom stereocenters. The van der Waals surface area contributed by atoms with Crippen molar-refractivity contribution in [3.8, 4) is 5.75 Å². The molecular weight excluding hydrogens is 354 g/mol. The Balaban J connectivity index is 1.91. The van der Waals surface area contributed by atoms with Crippen LogP contribution >= 0.6 is 0 Å². The van der Waals surface area contributed by atoms with E-state index < -0.39 is 6.04 Å². The molecule has 0 fully saturated rings. The molecule has 6 nitrogen and oxygen atoms in total. The summed E-state index contributed by atoms with van der Waals surface area (Å²) >= 11 is 0. The van der Waals surface area contributed by atoms with E-state index in [0.717, 1.165) is 28.1 Å². The van der Waals surface area contributed by atoms with Crippen molar-refractivity contribution in [3.05, 3.63) is 70.4 Å². The Hall–Kier alpha value is -3.28. The van der Waals surface area contributed by atoms with Gasteiger partial charge < -0.3 is 20.7 Å². The summed E-state index contributed by atoms with van der Waals surface area (Å²) in [6, 6.07) is 12.4. The standard InChI is InChI=1S/C22H25N3O3/c1-5-28-17-9-7-16(8-10-17)20-19(15(4)23-22(27)25-20)21(26)24-18-11-6-13(2)12-14(18)3/h6-12,20H,5H2,1-4H3,(H,24,26)(H2,23,25,27)/t20-/m0/s1. The van der Waals surface area contributed by atoms with E-state index in [4.69, 9.17) is 4.74 Å². The molecule has 1 heterocycles. The van der Waals surface area contributed by atoms with Gasteiger partial charge in [0.05, 0.1) is 18.2 Å². The summed E-state index contributed by atoms with van der Waals surface area (Å²) in [6.07, 6.45) is 0. The van der Waals surface area contributed by atoms with E-state index in [9.17, 15) is 9.59 Å². The lowest BCUT2D eigenvalue weighted by Crippen LogP contribution is -2.46. The van der Waals surface area contributed by atoms with Gasteiger partial charge >= 0.3 is 6.03 Å². The molecule has 0 aromatic heterocycles. The second-order valence-corrected chi connectivity index (χ2v) is 6.84. The molecule has 1 aliphatic heterocycles. The van der Waals surface area contributed by atoms with Gasteiger partial charge in [0.15, 0.2) is 0 Å². The van der Waals surface area contributed by atoms with Gasteiger partial charge in [-0.05, 0) is 57.0 Å². The van der Waals surface area contributed by atoms with Crippen LogP contribution in [0.25, 0.3) is 0 Å². The van der Waals surface area contributed by atoms with E-state index in [1.54, 1.807) is 6.92 Å². The second kappa shape index (κ2) is 8.17. The first-order valence-electron chi connectivity index (χ1n) is 9.28. The number of carbonyl (C=O) groups excluding carboxylic acids is 2. The molecule has 28 heavy (non-hydrogen) atoms. The largest absolute Gasteiger partial charge is 0.494 e. The molecule has 146 valence electrons. The number of allylic oxidation sites excluding steroid dienone is 1. The molecule has 2 aromatic carbocycles. The number of hydrogen-bond donors (Lipinski definition) is 3. The molecule has 3 rings (SSSR count). The van der Waals surface area contributed by atoms with E-state index in [2.05, 4.69) is 16.0 Å². The number of nitrogens with one attached hydrogen (secondary N) is 3. The highest BCUT2D eigenvalue weighted by atomic mass is 16.5. The van der Waals surface area contributed by atoms with Crippen molar-refractivity contribution in [3.63, 3.8) is 0 Å². The van der Waals surface area contributed by atoms with Gasteiger partial charge in [0.25, 0.3) is 5.91 Å². The first-order chi connectivity index (χ1) is 13.4. The Bertz CT molecular complexity index is 933. The quantitative estimate of drug-likeness (QED) is 0.735. The average Bonchev–Trinajstić information content (AvgIpc) is 2.64. The van der Waals surface area contributed by atoms with Crippen LogP contribution in [0, 0.1) is 13.8 Å². The summed E-state index contributed by atoms with van der Waals surface area (Å²) in [7, 11) is 0. The Morgan fingerprint density at radius 2 is 1.82 bits per heavy atom. The highest BCUT2D eigenvalue weighted by Crippen LogP contribution is 2.29. The molecule has 0 saturated carbocycles. The van der Waals surface area contributed by atoms with Gasteiger partial charge in [-0.2, -0.15) is 0 Å². The maximum atomic E-state index is 13.1. The molecule has 0 saturated heterocycles. The Kier molecular flexibility index (Phi) is 5.68. The molecule has 3 amide bonds. The minimum Gasteiger partial charge on any atom is -0.494 e. The summed E-state index contributed by atoms with van der Waals surface area (Å²) in [5.41, 5.74) is 4.68. The van der Waals surface area contributed by atoms with E-state index in [0.29, 0.717) is 17.9 Å². The molecule has 0 radical (unpaired) electrons. The van der Waals surface area contributed by atoms with Gasteiger partial charge in [0, 0.05) is 11.4 Å². The molecule has 0 spiro atoms. The van der Waals surface area contributed by atoms with Crippen molar-refractivity contribution in [1.82, 2.24) is 10.6 Å². The minimum atomic E-state index is -0.546. The van der Waals surface area contributed by atoms with Gasteiger partial charge in [-0.3, -0.25) is 4.79 Å². The summed E-state index contributed by atoms with van der Waals surface area (Å²) in [6.45, 7) is 8.19. The highest BCUT2D eigenvalue weighted by molar-refractivity contribution is 6.07. The van der Waals surface area contributed by atoms with Gasteiger partial charge in [-0.15, -0.1) is 0 Å². The number of ether oxygens (including phenoxy) is 1. The first kappa shape index (κ1) is 19.5. The van der Waals surface area contributed by atoms with E-state index in [1.165, 1.54) is 0 Å². The summed E-state index contributed by atoms with van der Waals surface area (Å²) < 4.78 is 5.48. The van der Waals surface area contributed by atoms with Crippen molar-refractivity contribution in [2.75, 3.05) is 11.9 Å². The maximum Gasteiger partial charge on any atom is 0.319 e. The SMILES string of the molecule is CCOc1ccc([C@@H]2NC(=O)NC(C)=C2C(=O)Nc2ccc(C)cc2C)cc1. The summed E-state index contributed by atoms with van der Waals surface area (Å²) in [5, 5.41) is 8.51. The lowest BCUT2D eigenvalue weighted by atomic mass is 9.94. The van der Waals surface area contributed by atoms with E-state index in [-0.39, 0.29) is 11.9 Å².